The van der Waals surface area contributed by atoms with Crippen LogP contribution in [0.1, 0.15) is 18.9 Å². The first-order valence-electron chi connectivity index (χ1n) is 7.84. The summed E-state index contributed by atoms with van der Waals surface area (Å²) in [7, 11) is 0. The van der Waals surface area contributed by atoms with Crippen molar-refractivity contribution in [3.63, 3.8) is 0 Å². The van der Waals surface area contributed by atoms with Gasteiger partial charge < -0.3 is 14.6 Å². The SMILES string of the molecule is C[C@@H]1CN2C[C@H](O)CC2CN1Cc1cc2c(cc1Br)OCO2. The normalized spacial score (nSPS) is 31.5. The number of ether oxygens (including phenoxy) is 2. The molecule has 3 heterocycles. The van der Waals surface area contributed by atoms with Gasteiger partial charge in [-0.15, -0.1) is 0 Å². The number of benzene rings is 1. The van der Waals surface area contributed by atoms with Gasteiger partial charge in [0, 0.05) is 42.7 Å². The number of hydrogen-bond donors (Lipinski definition) is 1. The van der Waals surface area contributed by atoms with Gasteiger partial charge in [-0.2, -0.15) is 0 Å². The van der Waals surface area contributed by atoms with Crippen molar-refractivity contribution in [1.29, 1.82) is 0 Å². The third kappa shape index (κ3) is 2.62. The predicted octanol–water partition coefficient (Wildman–Crippen LogP) is 1.82. The zero-order chi connectivity index (χ0) is 15.3. The monoisotopic (exact) mass is 368 g/mol. The maximum absolute atomic E-state index is 9.87. The molecule has 2 saturated heterocycles. The van der Waals surface area contributed by atoms with Crippen LogP contribution in [0.5, 0.6) is 11.5 Å². The molecule has 0 radical (unpaired) electrons. The van der Waals surface area contributed by atoms with Crippen LogP contribution in [0, 0.1) is 0 Å². The Morgan fingerprint density at radius 1 is 1.23 bits per heavy atom. The van der Waals surface area contributed by atoms with Crippen LogP contribution in [0.15, 0.2) is 16.6 Å². The van der Waals surface area contributed by atoms with Crippen molar-refractivity contribution in [3.05, 3.63) is 22.2 Å². The highest BCUT2D eigenvalue weighted by atomic mass is 79.9. The summed E-state index contributed by atoms with van der Waals surface area (Å²) in [6.07, 6.45) is 0.736. The summed E-state index contributed by atoms with van der Waals surface area (Å²) in [4.78, 5) is 4.93. The highest BCUT2D eigenvalue weighted by molar-refractivity contribution is 9.10. The van der Waals surface area contributed by atoms with Gasteiger partial charge in [0.05, 0.1) is 6.10 Å². The molecule has 1 N–H and O–H groups in total. The lowest BCUT2D eigenvalue weighted by molar-refractivity contribution is 0.0527. The van der Waals surface area contributed by atoms with Gasteiger partial charge in [0.15, 0.2) is 11.5 Å². The molecular weight excluding hydrogens is 348 g/mol. The van der Waals surface area contributed by atoms with Crippen molar-refractivity contribution in [3.8, 4) is 11.5 Å². The highest BCUT2D eigenvalue weighted by Crippen LogP contribution is 2.38. The lowest BCUT2D eigenvalue weighted by atomic mass is 10.1. The Labute approximate surface area is 138 Å². The van der Waals surface area contributed by atoms with E-state index < -0.39 is 0 Å². The summed E-state index contributed by atoms with van der Waals surface area (Å²) in [5.74, 6) is 1.65. The summed E-state index contributed by atoms with van der Waals surface area (Å²) >= 11 is 3.65. The van der Waals surface area contributed by atoms with Crippen LogP contribution in [0.3, 0.4) is 0 Å². The van der Waals surface area contributed by atoms with E-state index in [9.17, 15) is 5.11 Å². The zero-order valence-corrected chi connectivity index (χ0v) is 14.3. The van der Waals surface area contributed by atoms with Crippen LogP contribution in [0.4, 0.5) is 0 Å². The van der Waals surface area contributed by atoms with E-state index in [0.717, 1.165) is 48.6 Å². The number of aliphatic hydroxyl groups is 1. The maximum atomic E-state index is 9.87. The van der Waals surface area contributed by atoms with Gasteiger partial charge in [-0.3, -0.25) is 9.80 Å². The first-order valence-corrected chi connectivity index (χ1v) is 8.63. The fourth-order valence-corrected chi connectivity index (χ4v) is 4.24. The van der Waals surface area contributed by atoms with Crippen LogP contribution < -0.4 is 9.47 Å². The number of fused-ring (bicyclic) bond motifs is 2. The minimum Gasteiger partial charge on any atom is -0.454 e. The van der Waals surface area contributed by atoms with Gasteiger partial charge >= 0.3 is 0 Å². The molecule has 0 saturated carbocycles. The number of hydrogen-bond acceptors (Lipinski definition) is 5. The molecule has 0 spiro atoms. The first-order chi connectivity index (χ1) is 10.6. The van der Waals surface area contributed by atoms with Crippen LogP contribution in [0.2, 0.25) is 0 Å². The summed E-state index contributed by atoms with van der Waals surface area (Å²) in [5, 5.41) is 9.87. The zero-order valence-electron chi connectivity index (χ0n) is 12.7. The van der Waals surface area contributed by atoms with Gasteiger partial charge in [0.1, 0.15) is 0 Å². The number of piperazine rings is 1. The Morgan fingerprint density at radius 3 is 2.82 bits per heavy atom. The number of nitrogens with zero attached hydrogens (tertiary/aromatic N) is 2. The van der Waals surface area contributed by atoms with E-state index in [1.54, 1.807) is 0 Å². The van der Waals surface area contributed by atoms with E-state index in [-0.39, 0.29) is 6.10 Å². The fraction of sp³-hybridized carbons (Fsp3) is 0.625. The van der Waals surface area contributed by atoms with Crippen LogP contribution >= 0.6 is 15.9 Å². The summed E-state index contributed by atoms with van der Waals surface area (Å²) < 4.78 is 12.0. The van der Waals surface area contributed by atoms with E-state index in [1.165, 1.54) is 5.56 Å². The molecule has 1 unspecified atom stereocenters. The smallest absolute Gasteiger partial charge is 0.231 e. The van der Waals surface area contributed by atoms with Gasteiger partial charge in [-0.25, -0.2) is 0 Å². The van der Waals surface area contributed by atoms with Gasteiger partial charge in [0.2, 0.25) is 6.79 Å². The lowest BCUT2D eigenvalue weighted by Crippen LogP contribution is -2.54. The van der Waals surface area contributed by atoms with E-state index in [2.05, 4.69) is 38.7 Å². The number of aliphatic hydroxyl groups excluding tert-OH is 1. The third-order valence-corrected chi connectivity index (χ3v) is 5.73. The number of rotatable bonds is 2. The second kappa shape index (κ2) is 5.67. The molecule has 2 fully saturated rings. The molecule has 1 aromatic rings. The van der Waals surface area contributed by atoms with Crippen LogP contribution in [-0.2, 0) is 6.54 Å². The Balaban J connectivity index is 1.51. The molecule has 22 heavy (non-hydrogen) atoms. The molecule has 3 atom stereocenters. The molecule has 1 aromatic carbocycles. The minimum atomic E-state index is -0.158. The molecule has 0 aromatic heterocycles. The molecule has 5 nitrogen and oxygen atoms in total. The van der Waals surface area contributed by atoms with Crippen molar-refractivity contribution >= 4 is 15.9 Å². The van der Waals surface area contributed by atoms with Crippen molar-refractivity contribution in [2.24, 2.45) is 0 Å². The maximum Gasteiger partial charge on any atom is 0.231 e. The van der Waals surface area contributed by atoms with Crippen molar-refractivity contribution < 1.29 is 14.6 Å². The second-order valence-electron chi connectivity index (χ2n) is 6.57. The quantitative estimate of drug-likeness (QED) is 0.862. The van der Waals surface area contributed by atoms with E-state index in [0.29, 0.717) is 18.9 Å². The van der Waals surface area contributed by atoms with E-state index >= 15 is 0 Å². The van der Waals surface area contributed by atoms with Gasteiger partial charge in [-0.1, -0.05) is 15.9 Å². The average molecular weight is 369 g/mol. The molecule has 3 aliphatic heterocycles. The minimum absolute atomic E-state index is 0.158. The Hall–Kier alpha value is -0.820. The van der Waals surface area contributed by atoms with Crippen molar-refractivity contribution in [2.45, 2.75) is 38.1 Å². The molecule has 0 aliphatic carbocycles. The molecule has 4 rings (SSSR count). The fourth-order valence-electron chi connectivity index (χ4n) is 3.80. The average Bonchev–Trinajstić information content (AvgIpc) is 3.04. The molecular formula is C16H21BrN2O3. The number of halogens is 1. The second-order valence-corrected chi connectivity index (χ2v) is 7.43. The Kier molecular flexibility index (Phi) is 3.80. The Morgan fingerprint density at radius 2 is 2.00 bits per heavy atom. The van der Waals surface area contributed by atoms with Crippen LogP contribution in [0.25, 0.3) is 0 Å². The van der Waals surface area contributed by atoms with Crippen molar-refractivity contribution in [1.82, 2.24) is 9.80 Å². The van der Waals surface area contributed by atoms with Gasteiger partial charge in [-0.05, 0) is 31.0 Å². The largest absolute Gasteiger partial charge is 0.454 e. The van der Waals surface area contributed by atoms with E-state index in [4.69, 9.17) is 9.47 Å². The molecule has 6 heteroatoms. The summed E-state index contributed by atoms with van der Waals surface area (Å²) in [6.45, 7) is 6.33. The summed E-state index contributed by atoms with van der Waals surface area (Å²) in [5.41, 5.74) is 1.23. The van der Waals surface area contributed by atoms with Gasteiger partial charge in [0.25, 0.3) is 0 Å². The lowest BCUT2D eigenvalue weighted by Gasteiger charge is -2.42. The molecule has 120 valence electrons. The standard InChI is InChI=1S/C16H21BrN2O3/c1-10-5-19-8-13(20)3-12(19)7-18(10)6-11-2-15-16(4-14(11)17)22-9-21-15/h2,4,10,12-13,20H,3,5-9H2,1H3/t10-,12?,13-/m1/s1. The highest BCUT2D eigenvalue weighted by Gasteiger charge is 2.38. The van der Waals surface area contributed by atoms with E-state index in [1.807, 2.05) is 6.07 Å². The van der Waals surface area contributed by atoms with Crippen molar-refractivity contribution in [2.75, 3.05) is 26.4 Å². The third-order valence-electron chi connectivity index (χ3n) is 4.99. The van der Waals surface area contributed by atoms with Crippen LogP contribution in [-0.4, -0.2) is 59.5 Å². The molecule has 0 bridgehead atoms. The Bertz CT molecular complexity index is 583. The topological polar surface area (TPSA) is 45.2 Å². The summed E-state index contributed by atoms with van der Waals surface area (Å²) in [6, 6.07) is 5.05. The molecule has 3 aliphatic rings. The molecule has 0 amide bonds. The predicted molar refractivity (Wildman–Crippen MR) is 86.1 cm³/mol. The first kappa shape index (κ1) is 14.8.